The lowest BCUT2D eigenvalue weighted by molar-refractivity contribution is -0.116. The van der Waals surface area contributed by atoms with Crippen LogP contribution in [0.15, 0.2) is 45.8 Å². The minimum atomic E-state index is -0.171. The molecule has 0 aliphatic rings. The van der Waals surface area contributed by atoms with Gasteiger partial charge in [0.05, 0.1) is 0 Å². The molecule has 2 heterocycles. The fraction of sp³-hybridized carbons (Fsp3) is 0.214. The van der Waals surface area contributed by atoms with Gasteiger partial charge in [0.1, 0.15) is 5.82 Å². The molecule has 1 N–H and O–H groups in total. The van der Waals surface area contributed by atoms with E-state index in [4.69, 9.17) is 0 Å². The van der Waals surface area contributed by atoms with Crippen molar-refractivity contribution >= 4 is 27.7 Å². The number of pyridine rings is 2. The average molecular weight is 336 g/mol. The first-order chi connectivity index (χ1) is 9.54. The zero-order valence-electron chi connectivity index (χ0n) is 11.0. The first-order valence-corrected chi connectivity index (χ1v) is 6.93. The van der Waals surface area contributed by atoms with Gasteiger partial charge in [-0.2, -0.15) is 0 Å². The molecule has 0 saturated carbocycles. The molecule has 2 rings (SSSR count). The number of rotatable bonds is 4. The number of aromatic nitrogens is 2. The quantitative estimate of drug-likeness (QED) is 0.932. The highest BCUT2D eigenvalue weighted by atomic mass is 79.9. The third kappa shape index (κ3) is 4.03. The van der Waals surface area contributed by atoms with Gasteiger partial charge in [-0.25, -0.2) is 4.98 Å². The molecule has 6 heteroatoms. The summed E-state index contributed by atoms with van der Waals surface area (Å²) in [6, 6.07) is 8.56. The summed E-state index contributed by atoms with van der Waals surface area (Å²) in [5.74, 6) is 0.353. The highest BCUT2D eigenvalue weighted by molar-refractivity contribution is 9.10. The van der Waals surface area contributed by atoms with Crippen LogP contribution in [0.1, 0.15) is 12.1 Å². The van der Waals surface area contributed by atoms with Crippen molar-refractivity contribution in [3.63, 3.8) is 0 Å². The lowest BCUT2D eigenvalue weighted by Crippen LogP contribution is -2.22. The molecule has 5 nitrogen and oxygen atoms in total. The maximum absolute atomic E-state index is 11.8. The van der Waals surface area contributed by atoms with Crippen molar-refractivity contribution in [3.8, 4) is 0 Å². The maximum Gasteiger partial charge on any atom is 0.250 e. The van der Waals surface area contributed by atoms with E-state index in [1.54, 1.807) is 18.3 Å². The van der Waals surface area contributed by atoms with Crippen LogP contribution in [0.3, 0.4) is 0 Å². The first kappa shape index (κ1) is 14.5. The summed E-state index contributed by atoms with van der Waals surface area (Å²) in [6.45, 7) is 2.19. The van der Waals surface area contributed by atoms with E-state index in [0.29, 0.717) is 12.4 Å². The van der Waals surface area contributed by atoms with Gasteiger partial charge in [-0.3, -0.25) is 9.59 Å². The average Bonchev–Trinajstić information content (AvgIpc) is 2.40. The number of amides is 1. The molecule has 0 aromatic carbocycles. The molecule has 20 heavy (non-hydrogen) atoms. The van der Waals surface area contributed by atoms with Gasteiger partial charge in [-0.05, 0) is 41.1 Å². The first-order valence-electron chi connectivity index (χ1n) is 6.14. The van der Waals surface area contributed by atoms with E-state index in [0.717, 1.165) is 10.2 Å². The number of carbonyl (C=O) groups is 1. The van der Waals surface area contributed by atoms with Crippen LogP contribution in [0.4, 0.5) is 5.82 Å². The summed E-state index contributed by atoms with van der Waals surface area (Å²) in [6.07, 6.45) is 1.88. The highest BCUT2D eigenvalue weighted by Crippen LogP contribution is 2.06. The minimum absolute atomic E-state index is 0.130. The van der Waals surface area contributed by atoms with E-state index in [1.807, 2.05) is 19.1 Å². The van der Waals surface area contributed by atoms with E-state index in [-0.39, 0.29) is 17.9 Å². The molecular formula is C14H14BrN3O2. The number of aryl methyl sites for hydroxylation is 2. The van der Waals surface area contributed by atoms with Gasteiger partial charge >= 0.3 is 0 Å². The fourth-order valence-electron chi connectivity index (χ4n) is 1.72. The van der Waals surface area contributed by atoms with E-state index >= 15 is 0 Å². The predicted octanol–water partition coefficient (Wildman–Crippen LogP) is 2.34. The molecule has 0 radical (unpaired) electrons. The molecule has 0 aliphatic heterocycles. The minimum Gasteiger partial charge on any atom is -0.314 e. The van der Waals surface area contributed by atoms with Gasteiger partial charge in [0, 0.05) is 35.4 Å². The third-order valence-corrected chi connectivity index (χ3v) is 3.15. The monoisotopic (exact) mass is 335 g/mol. The van der Waals surface area contributed by atoms with E-state index in [2.05, 4.69) is 26.2 Å². The number of nitrogens with one attached hydrogen (secondary N) is 1. The second-order valence-electron chi connectivity index (χ2n) is 4.34. The van der Waals surface area contributed by atoms with Crippen molar-refractivity contribution < 1.29 is 4.79 Å². The Balaban J connectivity index is 1.95. The normalized spacial score (nSPS) is 10.3. The molecule has 0 bridgehead atoms. The van der Waals surface area contributed by atoms with Gasteiger partial charge in [0.25, 0.3) is 5.56 Å². The summed E-state index contributed by atoms with van der Waals surface area (Å²) in [5.41, 5.74) is 0.709. The third-order valence-electron chi connectivity index (χ3n) is 2.68. The van der Waals surface area contributed by atoms with Crippen molar-refractivity contribution in [2.24, 2.45) is 0 Å². The van der Waals surface area contributed by atoms with Crippen LogP contribution in [0.25, 0.3) is 0 Å². The fourth-order valence-corrected chi connectivity index (χ4v) is 2.10. The van der Waals surface area contributed by atoms with E-state index in [9.17, 15) is 9.59 Å². The number of halogens is 1. The van der Waals surface area contributed by atoms with Crippen LogP contribution in [0.5, 0.6) is 0 Å². The Bertz CT molecular complexity index is 682. The Morgan fingerprint density at radius 1 is 1.35 bits per heavy atom. The molecule has 0 saturated heterocycles. The van der Waals surface area contributed by atoms with Crippen molar-refractivity contribution in [2.45, 2.75) is 19.9 Å². The number of hydrogen-bond acceptors (Lipinski definition) is 3. The molecular weight excluding hydrogens is 322 g/mol. The summed E-state index contributed by atoms with van der Waals surface area (Å²) in [7, 11) is 0. The Hall–Kier alpha value is -1.95. The topological polar surface area (TPSA) is 64.0 Å². The lowest BCUT2D eigenvalue weighted by Gasteiger charge is -2.07. The van der Waals surface area contributed by atoms with Crippen LogP contribution in [0, 0.1) is 6.92 Å². The van der Waals surface area contributed by atoms with Gasteiger partial charge in [0.15, 0.2) is 0 Å². The Morgan fingerprint density at radius 2 is 2.15 bits per heavy atom. The van der Waals surface area contributed by atoms with Crippen molar-refractivity contribution in [2.75, 3.05) is 5.32 Å². The van der Waals surface area contributed by atoms with Gasteiger partial charge < -0.3 is 9.88 Å². The van der Waals surface area contributed by atoms with Crippen LogP contribution in [-0.2, 0) is 11.3 Å². The molecule has 1 amide bonds. The standard InChI is InChI=1S/C14H14BrN3O2/c1-10-3-2-4-12(16-10)17-13(19)7-8-18-9-11(15)5-6-14(18)20/h2-6,9H,7-8H2,1H3,(H,16,17,19). The van der Waals surface area contributed by atoms with Crippen LogP contribution in [-0.4, -0.2) is 15.5 Å². The van der Waals surface area contributed by atoms with Crippen LogP contribution < -0.4 is 10.9 Å². The van der Waals surface area contributed by atoms with Crippen molar-refractivity contribution in [3.05, 3.63) is 57.0 Å². The van der Waals surface area contributed by atoms with Gasteiger partial charge in [-0.15, -0.1) is 0 Å². The zero-order valence-corrected chi connectivity index (χ0v) is 12.6. The summed E-state index contributed by atoms with van der Waals surface area (Å²) in [5, 5.41) is 2.71. The molecule has 0 unspecified atom stereocenters. The van der Waals surface area contributed by atoms with E-state index < -0.39 is 0 Å². The SMILES string of the molecule is Cc1cccc(NC(=O)CCn2cc(Br)ccc2=O)n1. The number of hydrogen-bond donors (Lipinski definition) is 1. The molecule has 0 fully saturated rings. The largest absolute Gasteiger partial charge is 0.314 e. The van der Waals surface area contributed by atoms with Crippen molar-refractivity contribution in [1.82, 2.24) is 9.55 Å². The molecule has 0 aliphatic carbocycles. The molecule has 0 spiro atoms. The molecule has 2 aromatic heterocycles. The smallest absolute Gasteiger partial charge is 0.250 e. The second kappa shape index (κ2) is 6.47. The van der Waals surface area contributed by atoms with Crippen LogP contribution in [0.2, 0.25) is 0 Å². The molecule has 0 atom stereocenters. The summed E-state index contributed by atoms with van der Waals surface area (Å²) in [4.78, 5) is 27.6. The number of carbonyl (C=O) groups excluding carboxylic acids is 1. The van der Waals surface area contributed by atoms with Crippen LogP contribution >= 0.6 is 15.9 Å². The molecule has 2 aromatic rings. The maximum atomic E-state index is 11.8. The zero-order chi connectivity index (χ0) is 14.5. The number of nitrogens with zero attached hydrogens (tertiary/aromatic N) is 2. The molecule has 104 valence electrons. The van der Waals surface area contributed by atoms with E-state index in [1.165, 1.54) is 10.6 Å². The summed E-state index contributed by atoms with van der Waals surface area (Å²) < 4.78 is 2.30. The second-order valence-corrected chi connectivity index (χ2v) is 5.26. The highest BCUT2D eigenvalue weighted by Gasteiger charge is 2.05. The summed E-state index contributed by atoms with van der Waals surface area (Å²) >= 11 is 3.29. The predicted molar refractivity (Wildman–Crippen MR) is 80.6 cm³/mol. The van der Waals surface area contributed by atoms with Gasteiger partial charge in [0.2, 0.25) is 5.91 Å². The van der Waals surface area contributed by atoms with Gasteiger partial charge in [-0.1, -0.05) is 6.07 Å². The Labute approximate surface area is 124 Å². The number of anilines is 1. The Morgan fingerprint density at radius 3 is 2.90 bits per heavy atom. The lowest BCUT2D eigenvalue weighted by atomic mass is 10.3. The Kier molecular flexibility index (Phi) is 4.68. The van der Waals surface area contributed by atoms with Crippen molar-refractivity contribution in [1.29, 1.82) is 0 Å².